The molecule has 1 N–H and O–H groups in total. The smallest absolute Gasteiger partial charge is 0.320 e. The fourth-order valence-corrected chi connectivity index (χ4v) is 6.39. The summed E-state index contributed by atoms with van der Waals surface area (Å²) < 4.78 is 24.1. The van der Waals surface area contributed by atoms with Crippen LogP contribution in [0.25, 0.3) is 0 Å². The zero-order valence-electron chi connectivity index (χ0n) is 12.6. The number of likely N-dealkylation sites (tertiary alicyclic amines) is 1. The van der Waals surface area contributed by atoms with Crippen molar-refractivity contribution in [2.24, 2.45) is 5.92 Å². The van der Waals surface area contributed by atoms with E-state index in [1.165, 1.54) is 12.7 Å². The van der Waals surface area contributed by atoms with Crippen molar-refractivity contribution in [2.45, 2.75) is 74.7 Å². The summed E-state index contributed by atoms with van der Waals surface area (Å²) in [7, 11) is -3.11. The Bertz CT molecular complexity index is 518. The molecule has 5 unspecified atom stereocenters. The molecule has 2 saturated carbocycles. The van der Waals surface area contributed by atoms with Gasteiger partial charge in [0.2, 0.25) is 0 Å². The quantitative estimate of drug-likeness (QED) is 0.857. The predicted octanol–water partition coefficient (Wildman–Crippen LogP) is 1.67. The van der Waals surface area contributed by atoms with Crippen molar-refractivity contribution in [3.05, 3.63) is 0 Å². The van der Waals surface area contributed by atoms with Gasteiger partial charge in [0.05, 0.1) is 5.25 Å². The highest BCUT2D eigenvalue weighted by molar-refractivity contribution is 7.91. The lowest BCUT2D eigenvalue weighted by atomic mass is 9.84. The van der Waals surface area contributed by atoms with Crippen LogP contribution in [0.3, 0.4) is 0 Å². The van der Waals surface area contributed by atoms with Crippen molar-refractivity contribution in [1.29, 1.82) is 0 Å². The van der Waals surface area contributed by atoms with Crippen LogP contribution in [-0.2, 0) is 14.6 Å². The topological polar surface area (TPSA) is 74.7 Å². The molecule has 0 aromatic carbocycles. The Morgan fingerprint density at radius 1 is 1.05 bits per heavy atom. The maximum atomic E-state index is 12.1. The van der Waals surface area contributed by atoms with Crippen molar-refractivity contribution in [2.75, 3.05) is 6.26 Å². The van der Waals surface area contributed by atoms with Crippen molar-refractivity contribution in [3.8, 4) is 0 Å². The molecule has 2 aliphatic carbocycles. The summed E-state index contributed by atoms with van der Waals surface area (Å²) in [6, 6.07) is -0.285. The SMILES string of the molecule is CS(=O)(=O)C1CCCC1N1C(C(=O)O)CC2CCCCC21. The van der Waals surface area contributed by atoms with Crippen molar-refractivity contribution in [3.63, 3.8) is 0 Å². The lowest BCUT2D eigenvalue weighted by Crippen LogP contribution is -2.52. The molecule has 1 heterocycles. The monoisotopic (exact) mass is 315 g/mol. The molecule has 1 saturated heterocycles. The van der Waals surface area contributed by atoms with E-state index in [1.54, 1.807) is 0 Å². The van der Waals surface area contributed by atoms with Gasteiger partial charge in [-0.2, -0.15) is 0 Å². The van der Waals surface area contributed by atoms with Crippen molar-refractivity contribution >= 4 is 15.8 Å². The van der Waals surface area contributed by atoms with Gasteiger partial charge in [0.15, 0.2) is 9.84 Å². The number of fused-ring (bicyclic) bond motifs is 1. The van der Waals surface area contributed by atoms with Crippen molar-refractivity contribution in [1.82, 2.24) is 4.90 Å². The van der Waals surface area contributed by atoms with E-state index in [-0.39, 0.29) is 17.3 Å². The second kappa shape index (κ2) is 5.54. The Labute approximate surface area is 126 Å². The number of aliphatic carboxylic acids is 1. The molecule has 3 rings (SSSR count). The van der Waals surface area contributed by atoms with Crippen LogP contribution in [0.4, 0.5) is 0 Å². The van der Waals surface area contributed by atoms with Gasteiger partial charge in [-0.3, -0.25) is 9.69 Å². The molecule has 0 spiro atoms. The Balaban J connectivity index is 1.91. The van der Waals surface area contributed by atoms with Crippen LogP contribution in [0.1, 0.15) is 51.4 Å². The normalized spacial score (nSPS) is 41.1. The van der Waals surface area contributed by atoms with E-state index in [4.69, 9.17) is 0 Å². The molecular formula is C15H25NO4S. The van der Waals surface area contributed by atoms with Gasteiger partial charge in [0.1, 0.15) is 6.04 Å². The largest absolute Gasteiger partial charge is 0.480 e. The first-order valence-electron chi connectivity index (χ1n) is 8.08. The first-order chi connectivity index (χ1) is 9.89. The number of nitrogens with zero attached hydrogens (tertiary/aromatic N) is 1. The molecule has 1 aliphatic heterocycles. The highest BCUT2D eigenvalue weighted by atomic mass is 32.2. The average Bonchev–Trinajstić information content (AvgIpc) is 3.01. The third kappa shape index (κ3) is 2.72. The van der Waals surface area contributed by atoms with E-state index in [1.807, 2.05) is 0 Å². The third-order valence-corrected chi connectivity index (χ3v) is 7.42. The Morgan fingerprint density at radius 3 is 2.38 bits per heavy atom. The van der Waals surface area contributed by atoms with E-state index in [9.17, 15) is 18.3 Å². The highest BCUT2D eigenvalue weighted by Crippen LogP contribution is 2.44. The maximum absolute atomic E-state index is 12.1. The summed E-state index contributed by atoms with van der Waals surface area (Å²) in [6.07, 6.45) is 8.86. The average molecular weight is 315 g/mol. The molecule has 5 atom stereocenters. The lowest BCUT2D eigenvalue weighted by molar-refractivity contribution is -0.143. The number of sulfone groups is 1. The standard InChI is InChI=1S/C15H25NO4S/c1-21(19,20)14-8-4-7-12(14)16-11-6-3-2-5-10(11)9-13(16)15(17)18/h10-14H,2-9H2,1H3,(H,17,18). The fourth-order valence-electron chi connectivity index (χ4n) is 4.95. The summed E-state index contributed by atoms with van der Waals surface area (Å²) in [6.45, 7) is 0. The fraction of sp³-hybridized carbons (Fsp3) is 0.933. The van der Waals surface area contributed by atoms with E-state index in [2.05, 4.69) is 4.90 Å². The van der Waals surface area contributed by atoms with Gasteiger partial charge in [-0.25, -0.2) is 8.42 Å². The summed E-state index contributed by atoms with van der Waals surface area (Å²) in [5.74, 6) is -0.329. The Morgan fingerprint density at radius 2 is 1.71 bits per heavy atom. The molecule has 3 fully saturated rings. The minimum absolute atomic E-state index is 0.0887. The number of carboxylic acids is 1. The van der Waals surface area contributed by atoms with Gasteiger partial charge in [0.25, 0.3) is 0 Å². The van der Waals surface area contributed by atoms with Crippen LogP contribution in [0.2, 0.25) is 0 Å². The van der Waals surface area contributed by atoms with Gasteiger partial charge in [-0.1, -0.05) is 19.3 Å². The van der Waals surface area contributed by atoms with E-state index < -0.39 is 21.8 Å². The summed E-state index contributed by atoms with van der Waals surface area (Å²) in [5.41, 5.74) is 0. The number of carboxylic acid groups (broad SMARTS) is 1. The molecule has 120 valence electrons. The summed E-state index contributed by atoms with van der Waals surface area (Å²) in [5, 5.41) is 9.21. The summed E-state index contributed by atoms with van der Waals surface area (Å²) in [4.78, 5) is 13.8. The molecule has 6 heteroatoms. The second-order valence-corrected chi connectivity index (χ2v) is 9.28. The minimum atomic E-state index is -3.11. The first-order valence-corrected chi connectivity index (χ1v) is 10.0. The number of carbonyl (C=O) groups is 1. The Kier molecular flexibility index (Phi) is 4.03. The molecular weight excluding hydrogens is 290 g/mol. The molecule has 0 bridgehead atoms. The van der Waals surface area contributed by atoms with Gasteiger partial charge in [0, 0.05) is 18.3 Å². The van der Waals surface area contributed by atoms with Crippen LogP contribution < -0.4 is 0 Å². The molecule has 0 amide bonds. The van der Waals surface area contributed by atoms with Crippen LogP contribution in [-0.4, -0.2) is 54.0 Å². The lowest BCUT2D eigenvalue weighted by Gasteiger charge is -2.39. The number of rotatable bonds is 3. The minimum Gasteiger partial charge on any atom is -0.480 e. The molecule has 0 aromatic heterocycles. The second-order valence-electron chi connectivity index (χ2n) is 7.02. The van der Waals surface area contributed by atoms with Gasteiger partial charge in [-0.15, -0.1) is 0 Å². The van der Waals surface area contributed by atoms with Crippen LogP contribution in [0.15, 0.2) is 0 Å². The first kappa shape index (κ1) is 15.3. The van der Waals surface area contributed by atoms with Gasteiger partial charge in [-0.05, 0) is 38.0 Å². The Hall–Kier alpha value is -0.620. The zero-order valence-corrected chi connectivity index (χ0v) is 13.4. The van der Waals surface area contributed by atoms with Crippen LogP contribution in [0, 0.1) is 5.92 Å². The predicted molar refractivity (Wildman–Crippen MR) is 79.9 cm³/mol. The van der Waals surface area contributed by atoms with Crippen LogP contribution >= 0.6 is 0 Å². The zero-order chi connectivity index (χ0) is 15.2. The maximum Gasteiger partial charge on any atom is 0.320 e. The van der Waals surface area contributed by atoms with Crippen molar-refractivity contribution < 1.29 is 18.3 Å². The molecule has 0 radical (unpaired) electrons. The molecule has 21 heavy (non-hydrogen) atoms. The molecule has 0 aromatic rings. The van der Waals surface area contributed by atoms with Gasteiger partial charge < -0.3 is 5.11 Å². The highest BCUT2D eigenvalue weighted by Gasteiger charge is 2.51. The van der Waals surface area contributed by atoms with E-state index in [0.717, 1.165) is 32.1 Å². The molecule has 5 nitrogen and oxygen atoms in total. The third-order valence-electron chi connectivity index (χ3n) is 5.77. The van der Waals surface area contributed by atoms with E-state index in [0.29, 0.717) is 18.8 Å². The van der Waals surface area contributed by atoms with Gasteiger partial charge >= 0.3 is 5.97 Å². The number of hydrogen-bond acceptors (Lipinski definition) is 4. The van der Waals surface area contributed by atoms with Crippen LogP contribution in [0.5, 0.6) is 0 Å². The molecule has 3 aliphatic rings. The van der Waals surface area contributed by atoms with E-state index >= 15 is 0 Å². The summed E-state index contributed by atoms with van der Waals surface area (Å²) >= 11 is 0. The number of hydrogen-bond donors (Lipinski definition) is 1.